The van der Waals surface area contributed by atoms with Crippen LogP contribution in [-0.2, 0) is 24.3 Å². The van der Waals surface area contributed by atoms with Gasteiger partial charge in [-0.1, -0.05) is 41.4 Å². The number of thiophene rings is 1. The zero-order valence-corrected chi connectivity index (χ0v) is 16.6. The van der Waals surface area contributed by atoms with Crippen molar-refractivity contribution in [3.05, 3.63) is 58.0 Å². The molecule has 0 unspecified atom stereocenters. The summed E-state index contributed by atoms with van der Waals surface area (Å²) in [6.07, 6.45) is 9.51. The van der Waals surface area contributed by atoms with Gasteiger partial charge < -0.3 is 4.84 Å². The van der Waals surface area contributed by atoms with Crippen LogP contribution < -0.4 is 0 Å². The monoisotopic (exact) mass is 391 g/mol. The molecule has 4 aromatic rings. The Labute approximate surface area is 166 Å². The molecule has 7 heteroatoms. The van der Waals surface area contributed by atoms with Gasteiger partial charge in [-0.25, -0.2) is 14.5 Å². The van der Waals surface area contributed by atoms with E-state index in [-0.39, 0.29) is 6.61 Å². The fraction of sp³-hybridized carbons (Fsp3) is 0.333. The number of benzene rings is 1. The first-order chi connectivity index (χ1) is 13.8. The molecule has 0 saturated heterocycles. The van der Waals surface area contributed by atoms with Crippen LogP contribution in [-0.4, -0.2) is 25.8 Å². The van der Waals surface area contributed by atoms with Crippen molar-refractivity contribution in [2.45, 2.75) is 45.6 Å². The average Bonchev–Trinajstić information content (AvgIpc) is 3.19. The normalized spacial score (nSPS) is 14.6. The maximum absolute atomic E-state index is 5.42. The van der Waals surface area contributed by atoms with Crippen molar-refractivity contribution in [1.29, 1.82) is 0 Å². The van der Waals surface area contributed by atoms with E-state index in [1.54, 1.807) is 17.1 Å². The molecule has 3 aromatic heterocycles. The Hall–Kier alpha value is -2.80. The third-order valence-corrected chi connectivity index (χ3v) is 6.33. The Bertz CT molecular complexity index is 1160. The fourth-order valence-corrected chi connectivity index (χ4v) is 4.91. The number of nitrogens with zero attached hydrogens (tertiary/aromatic N) is 5. The van der Waals surface area contributed by atoms with Gasteiger partial charge in [-0.05, 0) is 43.7 Å². The number of hydrogen-bond acceptors (Lipinski definition) is 6. The molecule has 1 aromatic carbocycles. The van der Waals surface area contributed by atoms with Gasteiger partial charge in [-0.2, -0.15) is 0 Å². The first kappa shape index (κ1) is 17.3. The van der Waals surface area contributed by atoms with Crippen LogP contribution in [0.5, 0.6) is 0 Å². The van der Waals surface area contributed by atoms with E-state index < -0.39 is 0 Å². The van der Waals surface area contributed by atoms with E-state index in [0.717, 1.165) is 28.9 Å². The van der Waals surface area contributed by atoms with Crippen molar-refractivity contribution < 1.29 is 4.84 Å². The number of aromatic nitrogens is 4. The highest BCUT2D eigenvalue weighted by molar-refractivity contribution is 7.19. The Morgan fingerprint density at radius 3 is 2.93 bits per heavy atom. The van der Waals surface area contributed by atoms with Crippen molar-refractivity contribution in [3.63, 3.8) is 0 Å². The molecule has 0 N–H and O–H groups in total. The summed E-state index contributed by atoms with van der Waals surface area (Å²) in [5.74, 6) is 0.615. The smallest absolute Gasteiger partial charge is 0.192 e. The summed E-state index contributed by atoms with van der Waals surface area (Å²) in [4.78, 5) is 17.3. The number of rotatable bonds is 4. The molecule has 142 valence electrons. The van der Waals surface area contributed by atoms with Crippen LogP contribution >= 0.6 is 11.3 Å². The third-order valence-electron chi connectivity index (χ3n) is 5.13. The first-order valence-corrected chi connectivity index (χ1v) is 10.5. The lowest BCUT2D eigenvalue weighted by atomic mass is 10.1. The van der Waals surface area contributed by atoms with E-state index in [1.165, 1.54) is 40.7 Å². The predicted octanol–water partition coefficient (Wildman–Crippen LogP) is 4.47. The molecule has 0 spiro atoms. The van der Waals surface area contributed by atoms with E-state index in [0.29, 0.717) is 5.82 Å². The Morgan fingerprint density at radius 2 is 2.04 bits per heavy atom. The Kier molecular flexibility index (Phi) is 4.52. The largest absolute Gasteiger partial charge is 0.387 e. The second-order valence-electron chi connectivity index (χ2n) is 7.20. The van der Waals surface area contributed by atoms with Crippen LogP contribution in [0.25, 0.3) is 15.9 Å². The molecule has 0 aliphatic heterocycles. The van der Waals surface area contributed by atoms with Crippen LogP contribution in [0.15, 0.2) is 35.7 Å². The molecule has 5 rings (SSSR count). The zero-order valence-electron chi connectivity index (χ0n) is 15.8. The molecule has 3 heterocycles. The number of fused-ring (bicyclic) bond motifs is 5. The molecule has 0 saturated carbocycles. The summed E-state index contributed by atoms with van der Waals surface area (Å²) in [5, 5.41) is 9.74. The van der Waals surface area contributed by atoms with Crippen LogP contribution in [0.1, 0.15) is 46.7 Å². The summed E-state index contributed by atoms with van der Waals surface area (Å²) in [6, 6.07) is 8.12. The van der Waals surface area contributed by atoms with Gasteiger partial charge in [0.05, 0.1) is 11.6 Å². The lowest BCUT2D eigenvalue weighted by Crippen LogP contribution is -1.93. The summed E-state index contributed by atoms with van der Waals surface area (Å²) < 4.78 is 1.77. The lowest BCUT2D eigenvalue weighted by molar-refractivity contribution is 0.126. The predicted molar refractivity (Wildman–Crippen MR) is 111 cm³/mol. The Balaban J connectivity index is 1.39. The second-order valence-corrected chi connectivity index (χ2v) is 8.29. The summed E-state index contributed by atoms with van der Waals surface area (Å²) in [7, 11) is 0. The molecule has 0 amide bonds. The number of oxime groups is 1. The fourth-order valence-electron chi connectivity index (χ4n) is 3.68. The molecule has 1 aliphatic rings. The number of aryl methyl sites for hydroxylation is 3. The summed E-state index contributed by atoms with van der Waals surface area (Å²) in [5.41, 5.74) is 4.53. The second kappa shape index (κ2) is 7.31. The maximum Gasteiger partial charge on any atom is 0.192 e. The molecule has 28 heavy (non-hydrogen) atoms. The van der Waals surface area contributed by atoms with Crippen molar-refractivity contribution in [2.75, 3.05) is 0 Å². The molecule has 1 aliphatic carbocycles. The van der Waals surface area contributed by atoms with E-state index >= 15 is 0 Å². The van der Waals surface area contributed by atoms with Gasteiger partial charge in [0.15, 0.2) is 18.1 Å². The van der Waals surface area contributed by atoms with Crippen molar-refractivity contribution in [2.24, 2.45) is 5.16 Å². The van der Waals surface area contributed by atoms with Gasteiger partial charge in [-0.15, -0.1) is 16.4 Å². The van der Waals surface area contributed by atoms with Gasteiger partial charge in [0.2, 0.25) is 0 Å². The highest BCUT2D eigenvalue weighted by Crippen LogP contribution is 2.36. The molecular formula is C21H21N5OS. The molecular weight excluding hydrogens is 370 g/mol. The quantitative estimate of drug-likeness (QED) is 0.293. The molecule has 0 fully saturated rings. The van der Waals surface area contributed by atoms with Gasteiger partial charge in [0.25, 0.3) is 0 Å². The van der Waals surface area contributed by atoms with E-state index in [1.807, 2.05) is 35.6 Å². The zero-order chi connectivity index (χ0) is 18.9. The molecule has 0 bridgehead atoms. The standard InChI is InChI=1S/C21H21N5OS/c1-14-7-9-15(10-8-14)11-23-27-12-18-24-20-19-16-5-3-2-4-6-17(16)28-21(19)22-13-26(20)25-18/h7-11,13H,2-6,12H2,1H3/b23-11-. The van der Waals surface area contributed by atoms with Gasteiger partial charge in [0.1, 0.15) is 11.2 Å². The number of hydrogen-bond donors (Lipinski definition) is 0. The first-order valence-electron chi connectivity index (χ1n) is 9.64. The highest BCUT2D eigenvalue weighted by atomic mass is 32.1. The molecule has 0 radical (unpaired) electrons. The minimum Gasteiger partial charge on any atom is -0.387 e. The summed E-state index contributed by atoms with van der Waals surface area (Å²) in [6.45, 7) is 2.29. The third kappa shape index (κ3) is 3.26. The minimum atomic E-state index is 0.234. The van der Waals surface area contributed by atoms with Gasteiger partial charge in [0, 0.05) is 4.88 Å². The van der Waals surface area contributed by atoms with Crippen molar-refractivity contribution in [1.82, 2.24) is 19.6 Å². The topological polar surface area (TPSA) is 64.7 Å². The van der Waals surface area contributed by atoms with Crippen LogP contribution in [0.3, 0.4) is 0 Å². The Morgan fingerprint density at radius 1 is 1.18 bits per heavy atom. The van der Waals surface area contributed by atoms with E-state index in [2.05, 4.69) is 22.2 Å². The van der Waals surface area contributed by atoms with Gasteiger partial charge in [-0.3, -0.25) is 0 Å². The summed E-state index contributed by atoms with van der Waals surface area (Å²) >= 11 is 1.81. The average molecular weight is 392 g/mol. The van der Waals surface area contributed by atoms with Gasteiger partial charge >= 0.3 is 0 Å². The lowest BCUT2D eigenvalue weighted by Gasteiger charge is -1.98. The SMILES string of the molecule is Cc1ccc(/C=N\OCc2nc3c4c5c(sc4ncn3n2)CCCCC5)cc1. The van der Waals surface area contributed by atoms with Crippen LogP contribution in [0.2, 0.25) is 0 Å². The van der Waals surface area contributed by atoms with E-state index in [4.69, 9.17) is 9.82 Å². The highest BCUT2D eigenvalue weighted by Gasteiger charge is 2.19. The minimum absolute atomic E-state index is 0.234. The molecule has 0 atom stereocenters. The maximum atomic E-state index is 5.42. The molecule has 6 nitrogen and oxygen atoms in total. The van der Waals surface area contributed by atoms with E-state index in [9.17, 15) is 0 Å². The van der Waals surface area contributed by atoms with Crippen LogP contribution in [0, 0.1) is 6.92 Å². The van der Waals surface area contributed by atoms with Crippen molar-refractivity contribution in [3.8, 4) is 0 Å². The van der Waals surface area contributed by atoms with Crippen molar-refractivity contribution >= 4 is 33.4 Å². The van der Waals surface area contributed by atoms with Crippen LogP contribution in [0.4, 0.5) is 0 Å².